The smallest absolute Gasteiger partial charge is 0.193 e. The van der Waals surface area contributed by atoms with Crippen molar-refractivity contribution in [2.45, 2.75) is 33.1 Å². The third kappa shape index (κ3) is 5.34. The first kappa shape index (κ1) is 19.5. The summed E-state index contributed by atoms with van der Waals surface area (Å²) in [6.45, 7) is 9.78. The van der Waals surface area contributed by atoms with Crippen molar-refractivity contribution in [2.75, 3.05) is 57.8 Å². The molecule has 1 atom stereocenters. The van der Waals surface area contributed by atoms with E-state index in [-0.39, 0.29) is 0 Å². The van der Waals surface area contributed by atoms with Crippen molar-refractivity contribution < 1.29 is 8.42 Å². The molecule has 0 amide bonds. The lowest BCUT2D eigenvalue weighted by Gasteiger charge is -2.28. The Hall–Kier alpha value is -0.820. The van der Waals surface area contributed by atoms with Crippen LogP contribution < -0.4 is 5.32 Å². The third-order valence-corrected chi connectivity index (χ3v) is 7.21. The zero-order valence-corrected chi connectivity index (χ0v) is 16.3. The number of hydrogen-bond acceptors (Lipinski definition) is 4. The molecule has 0 saturated carbocycles. The van der Waals surface area contributed by atoms with E-state index >= 15 is 0 Å². The second-order valence-electron chi connectivity index (χ2n) is 7.04. The van der Waals surface area contributed by atoms with Gasteiger partial charge in [-0.25, -0.2) is 8.42 Å². The monoisotopic (exact) mass is 358 g/mol. The van der Waals surface area contributed by atoms with Crippen LogP contribution in [0.4, 0.5) is 0 Å². The summed E-state index contributed by atoms with van der Waals surface area (Å²) in [4.78, 5) is 9.04. The van der Waals surface area contributed by atoms with Crippen molar-refractivity contribution in [2.24, 2.45) is 16.8 Å². The molecule has 2 aliphatic heterocycles. The van der Waals surface area contributed by atoms with E-state index in [1.807, 2.05) is 7.05 Å². The average molecular weight is 359 g/mol. The summed E-state index contributed by atoms with van der Waals surface area (Å²) < 4.78 is 22.9. The summed E-state index contributed by atoms with van der Waals surface area (Å²) in [7, 11) is -0.941. The van der Waals surface area contributed by atoms with Gasteiger partial charge in [-0.1, -0.05) is 26.7 Å². The first-order valence-corrected chi connectivity index (χ1v) is 11.2. The molecular formula is C17H34N4O2S. The van der Waals surface area contributed by atoms with E-state index in [9.17, 15) is 8.42 Å². The Morgan fingerprint density at radius 2 is 1.88 bits per heavy atom. The average Bonchev–Trinajstić information content (AvgIpc) is 3.04. The molecule has 0 radical (unpaired) electrons. The lowest BCUT2D eigenvalue weighted by molar-refractivity contribution is 0.296. The van der Waals surface area contributed by atoms with Crippen molar-refractivity contribution in [3.8, 4) is 0 Å². The lowest BCUT2D eigenvalue weighted by Crippen LogP contribution is -2.46. The Labute approximate surface area is 147 Å². The van der Waals surface area contributed by atoms with Gasteiger partial charge in [0.25, 0.3) is 0 Å². The number of hydrogen-bond donors (Lipinski definition) is 1. The van der Waals surface area contributed by atoms with Gasteiger partial charge in [0.1, 0.15) is 0 Å². The van der Waals surface area contributed by atoms with Crippen molar-refractivity contribution in [1.29, 1.82) is 0 Å². The van der Waals surface area contributed by atoms with Gasteiger partial charge in [-0.3, -0.25) is 9.89 Å². The maximum atomic E-state index is 11.5. The van der Waals surface area contributed by atoms with Crippen LogP contribution in [0.1, 0.15) is 33.1 Å². The van der Waals surface area contributed by atoms with Crippen molar-refractivity contribution in [3.05, 3.63) is 0 Å². The van der Waals surface area contributed by atoms with Crippen molar-refractivity contribution in [1.82, 2.24) is 15.1 Å². The van der Waals surface area contributed by atoms with Crippen LogP contribution >= 0.6 is 0 Å². The molecule has 24 heavy (non-hydrogen) atoms. The van der Waals surface area contributed by atoms with E-state index in [4.69, 9.17) is 0 Å². The predicted octanol–water partition coefficient (Wildman–Crippen LogP) is 1.05. The van der Waals surface area contributed by atoms with Gasteiger partial charge in [-0.2, -0.15) is 0 Å². The maximum absolute atomic E-state index is 11.5. The number of sulfone groups is 1. The van der Waals surface area contributed by atoms with Gasteiger partial charge in [0, 0.05) is 46.3 Å². The number of likely N-dealkylation sites (tertiary alicyclic amines) is 1. The highest BCUT2D eigenvalue weighted by Gasteiger charge is 2.29. The van der Waals surface area contributed by atoms with E-state index in [2.05, 4.69) is 34.0 Å². The minimum absolute atomic E-state index is 0.297. The highest BCUT2D eigenvalue weighted by atomic mass is 32.2. The van der Waals surface area contributed by atoms with Gasteiger partial charge >= 0.3 is 0 Å². The molecule has 2 rings (SSSR count). The molecule has 0 aromatic rings. The van der Waals surface area contributed by atoms with Gasteiger partial charge < -0.3 is 10.2 Å². The molecule has 140 valence electrons. The predicted molar refractivity (Wildman–Crippen MR) is 100 cm³/mol. The van der Waals surface area contributed by atoms with Crippen LogP contribution in [-0.2, 0) is 9.84 Å². The molecule has 0 spiro atoms. The number of aliphatic imine (C=N–C) groups is 1. The third-order valence-electron chi connectivity index (χ3n) is 5.60. The summed E-state index contributed by atoms with van der Waals surface area (Å²) in [5, 5.41) is 3.46. The van der Waals surface area contributed by atoms with Gasteiger partial charge in [0.15, 0.2) is 15.8 Å². The van der Waals surface area contributed by atoms with Crippen molar-refractivity contribution in [3.63, 3.8) is 0 Å². The topological polar surface area (TPSA) is 65.0 Å². The molecule has 2 aliphatic rings. The Kier molecular flexibility index (Phi) is 7.34. The summed E-state index contributed by atoms with van der Waals surface area (Å²) >= 11 is 0. The van der Waals surface area contributed by atoms with Crippen LogP contribution in [0.3, 0.4) is 0 Å². The molecule has 1 N–H and O–H groups in total. The van der Waals surface area contributed by atoms with E-state index in [0.717, 1.165) is 44.0 Å². The molecule has 2 heterocycles. The largest absolute Gasteiger partial charge is 0.355 e. The lowest BCUT2D eigenvalue weighted by atomic mass is 9.87. The van der Waals surface area contributed by atoms with Gasteiger partial charge in [-0.05, 0) is 18.3 Å². The molecule has 7 heteroatoms. The minimum atomic E-state index is -2.79. The molecule has 0 aliphatic carbocycles. The minimum Gasteiger partial charge on any atom is -0.355 e. The van der Waals surface area contributed by atoms with Crippen LogP contribution in [0.5, 0.6) is 0 Å². The number of nitrogens with one attached hydrogen (secondary N) is 1. The van der Waals surface area contributed by atoms with Crippen molar-refractivity contribution >= 4 is 15.8 Å². The SMILES string of the molecule is CCC(CC)C1CCN(C(=NC)NCCN2CCS(=O)(=O)CC2)C1. The standard InChI is InChI=1S/C17H34N4O2S/c1-4-15(5-2)16-6-8-21(14-16)17(18-3)19-7-9-20-10-12-24(22,23)13-11-20/h15-16H,4-14H2,1-3H3,(H,18,19). The van der Waals surface area contributed by atoms with Crippen LogP contribution in [0.2, 0.25) is 0 Å². The van der Waals surface area contributed by atoms with Crippen LogP contribution in [0.15, 0.2) is 4.99 Å². The molecule has 2 fully saturated rings. The zero-order chi connectivity index (χ0) is 17.6. The molecule has 0 bridgehead atoms. The number of nitrogens with zero attached hydrogens (tertiary/aromatic N) is 3. The van der Waals surface area contributed by atoms with Crippen LogP contribution in [0.25, 0.3) is 0 Å². The molecule has 6 nitrogen and oxygen atoms in total. The Morgan fingerprint density at radius 1 is 1.21 bits per heavy atom. The Bertz CT molecular complexity index is 503. The van der Waals surface area contributed by atoms with E-state index in [1.54, 1.807) is 0 Å². The summed E-state index contributed by atoms with van der Waals surface area (Å²) in [5.41, 5.74) is 0. The highest BCUT2D eigenvalue weighted by molar-refractivity contribution is 7.91. The molecular weight excluding hydrogens is 324 g/mol. The van der Waals surface area contributed by atoms with E-state index in [1.165, 1.54) is 19.3 Å². The first-order valence-electron chi connectivity index (χ1n) is 9.37. The highest BCUT2D eigenvalue weighted by Crippen LogP contribution is 2.28. The first-order chi connectivity index (χ1) is 11.5. The Morgan fingerprint density at radius 3 is 2.46 bits per heavy atom. The molecule has 0 aromatic heterocycles. The number of guanidine groups is 1. The fourth-order valence-corrected chi connectivity index (χ4v) is 5.23. The Balaban J connectivity index is 1.73. The maximum Gasteiger partial charge on any atom is 0.193 e. The second-order valence-corrected chi connectivity index (χ2v) is 9.34. The summed E-state index contributed by atoms with van der Waals surface area (Å²) in [5.74, 6) is 3.19. The summed E-state index contributed by atoms with van der Waals surface area (Å²) in [6, 6.07) is 0. The van der Waals surface area contributed by atoms with Gasteiger partial charge in [-0.15, -0.1) is 0 Å². The fourth-order valence-electron chi connectivity index (χ4n) is 3.95. The zero-order valence-electron chi connectivity index (χ0n) is 15.5. The van der Waals surface area contributed by atoms with Crippen LogP contribution in [0, 0.1) is 11.8 Å². The normalized spacial score (nSPS) is 25.4. The quantitative estimate of drug-likeness (QED) is 0.568. The number of rotatable bonds is 6. The van der Waals surface area contributed by atoms with Gasteiger partial charge in [0.05, 0.1) is 11.5 Å². The van der Waals surface area contributed by atoms with E-state index in [0.29, 0.717) is 24.6 Å². The van der Waals surface area contributed by atoms with Gasteiger partial charge in [0.2, 0.25) is 0 Å². The molecule has 1 unspecified atom stereocenters. The molecule has 2 saturated heterocycles. The second kappa shape index (κ2) is 9.04. The van der Waals surface area contributed by atoms with E-state index < -0.39 is 9.84 Å². The fraction of sp³-hybridized carbons (Fsp3) is 0.941. The summed E-state index contributed by atoms with van der Waals surface area (Å²) in [6.07, 6.45) is 3.79. The molecule has 0 aromatic carbocycles. The van der Waals surface area contributed by atoms with Crippen LogP contribution in [-0.4, -0.2) is 82.0 Å².